The van der Waals surface area contributed by atoms with Crippen LogP contribution in [-0.2, 0) is 14.3 Å². The molecule has 0 aliphatic rings. The summed E-state index contributed by atoms with van der Waals surface area (Å²) in [5, 5.41) is 13.5. The van der Waals surface area contributed by atoms with Crippen LogP contribution in [0.5, 0.6) is 0 Å². The van der Waals surface area contributed by atoms with Crippen LogP contribution >= 0.6 is 15.9 Å². The lowest BCUT2D eigenvalue weighted by Crippen LogP contribution is -2.48. The SMILES string of the molecule is CCOC(=O)C[C@@H](c1ccc([N+](=O)[O-])cc1)[C@@H](NC(=O)c1cccc(Br)c1)C(N)=O. The first-order chi connectivity index (χ1) is 14.2. The zero-order valence-corrected chi connectivity index (χ0v) is 17.6. The normalized spacial score (nSPS) is 12.5. The van der Waals surface area contributed by atoms with Gasteiger partial charge in [-0.1, -0.05) is 34.1 Å². The van der Waals surface area contributed by atoms with E-state index in [9.17, 15) is 24.5 Å². The first-order valence-corrected chi connectivity index (χ1v) is 9.78. The number of rotatable bonds is 9. The smallest absolute Gasteiger partial charge is 0.306 e. The number of amides is 2. The van der Waals surface area contributed by atoms with Gasteiger partial charge in [-0.2, -0.15) is 0 Å². The summed E-state index contributed by atoms with van der Waals surface area (Å²) in [6, 6.07) is 10.6. The number of hydrogen-bond donors (Lipinski definition) is 2. The number of nitrogens with two attached hydrogens (primary N) is 1. The van der Waals surface area contributed by atoms with Crippen molar-refractivity contribution in [1.82, 2.24) is 5.32 Å². The molecule has 2 rings (SSSR count). The van der Waals surface area contributed by atoms with Crippen molar-refractivity contribution < 1.29 is 24.0 Å². The van der Waals surface area contributed by atoms with Crippen LogP contribution in [0.15, 0.2) is 53.0 Å². The third kappa shape index (κ3) is 6.11. The van der Waals surface area contributed by atoms with Gasteiger partial charge in [-0.05, 0) is 30.7 Å². The number of benzene rings is 2. The molecule has 0 aromatic heterocycles. The molecule has 0 radical (unpaired) electrons. The summed E-state index contributed by atoms with van der Waals surface area (Å²) in [6.07, 6.45) is -0.252. The Bertz CT molecular complexity index is 948. The summed E-state index contributed by atoms with van der Waals surface area (Å²) >= 11 is 3.27. The van der Waals surface area contributed by atoms with E-state index in [-0.39, 0.29) is 24.3 Å². The number of nitrogens with zero attached hydrogens (tertiary/aromatic N) is 1. The number of carbonyl (C=O) groups excluding carboxylic acids is 3. The number of ether oxygens (including phenoxy) is 1. The number of nitrogens with one attached hydrogen (secondary N) is 1. The summed E-state index contributed by atoms with van der Waals surface area (Å²) in [4.78, 5) is 47.3. The summed E-state index contributed by atoms with van der Waals surface area (Å²) in [5.41, 5.74) is 6.09. The topological polar surface area (TPSA) is 142 Å². The van der Waals surface area contributed by atoms with Crippen LogP contribution in [0.2, 0.25) is 0 Å². The third-order valence-electron chi connectivity index (χ3n) is 4.31. The Labute approximate surface area is 180 Å². The highest BCUT2D eigenvalue weighted by atomic mass is 79.9. The minimum Gasteiger partial charge on any atom is -0.466 e. The predicted molar refractivity (Wildman–Crippen MR) is 112 cm³/mol. The highest BCUT2D eigenvalue weighted by molar-refractivity contribution is 9.10. The molecule has 0 fully saturated rings. The van der Waals surface area contributed by atoms with Gasteiger partial charge in [0.15, 0.2) is 0 Å². The molecular weight excluding hydrogens is 458 g/mol. The molecule has 30 heavy (non-hydrogen) atoms. The van der Waals surface area contributed by atoms with E-state index in [2.05, 4.69) is 21.2 Å². The Morgan fingerprint density at radius 3 is 2.40 bits per heavy atom. The van der Waals surface area contributed by atoms with Gasteiger partial charge in [0.05, 0.1) is 18.0 Å². The fourth-order valence-corrected chi connectivity index (χ4v) is 3.29. The zero-order chi connectivity index (χ0) is 22.3. The van der Waals surface area contributed by atoms with Crippen molar-refractivity contribution in [3.05, 3.63) is 74.2 Å². The Balaban J connectivity index is 2.38. The number of carbonyl (C=O) groups is 3. The molecule has 2 aromatic carbocycles. The summed E-state index contributed by atoms with van der Waals surface area (Å²) < 4.78 is 5.64. The third-order valence-corrected chi connectivity index (χ3v) is 4.80. The van der Waals surface area contributed by atoms with Crippen molar-refractivity contribution in [1.29, 1.82) is 0 Å². The molecule has 2 atom stereocenters. The molecule has 0 heterocycles. The van der Waals surface area contributed by atoms with Crippen LogP contribution in [0.3, 0.4) is 0 Å². The predicted octanol–water partition coefficient (Wildman–Crippen LogP) is 2.68. The molecule has 2 aromatic rings. The second kappa shape index (κ2) is 10.5. The van der Waals surface area contributed by atoms with Crippen LogP contribution in [0.1, 0.15) is 35.2 Å². The molecule has 0 saturated heterocycles. The van der Waals surface area contributed by atoms with Crippen molar-refractivity contribution in [3.8, 4) is 0 Å². The lowest BCUT2D eigenvalue weighted by atomic mass is 9.87. The van der Waals surface area contributed by atoms with Crippen molar-refractivity contribution in [3.63, 3.8) is 0 Å². The lowest BCUT2D eigenvalue weighted by molar-refractivity contribution is -0.384. The minimum absolute atomic E-state index is 0.136. The van der Waals surface area contributed by atoms with Crippen molar-refractivity contribution >= 4 is 39.4 Å². The largest absolute Gasteiger partial charge is 0.466 e. The van der Waals surface area contributed by atoms with E-state index in [4.69, 9.17) is 10.5 Å². The first kappa shape index (κ1) is 23.0. The van der Waals surface area contributed by atoms with Crippen molar-refractivity contribution in [2.45, 2.75) is 25.3 Å². The Kier molecular flexibility index (Phi) is 8.05. The maximum atomic E-state index is 12.7. The fraction of sp³-hybridized carbons (Fsp3) is 0.250. The Morgan fingerprint density at radius 2 is 1.87 bits per heavy atom. The van der Waals surface area contributed by atoms with Gasteiger partial charge in [0, 0.05) is 28.1 Å². The molecule has 0 bridgehead atoms. The van der Waals surface area contributed by atoms with E-state index in [0.29, 0.717) is 10.0 Å². The number of hydrogen-bond acceptors (Lipinski definition) is 6. The van der Waals surface area contributed by atoms with E-state index in [0.717, 1.165) is 0 Å². The number of nitro benzene ring substituents is 1. The molecule has 0 unspecified atom stereocenters. The van der Waals surface area contributed by atoms with E-state index in [1.807, 2.05) is 0 Å². The highest BCUT2D eigenvalue weighted by Crippen LogP contribution is 2.27. The zero-order valence-electron chi connectivity index (χ0n) is 16.0. The Morgan fingerprint density at radius 1 is 1.20 bits per heavy atom. The average molecular weight is 478 g/mol. The molecule has 2 amide bonds. The number of halogens is 1. The van der Waals surface area contributed by atoms with Gasteiger partial charge in [-0.25, -0.2) is 0 Å². The second-order valence-electron chi connectivity index (χ2n) is 6.33. The van der Waals surface area contributed by atoms with E-state index in [1.54, 1.807) is 31.2 Å². The summed E-state index contributed by atoms with van der Waals surface area (Å²) in [6.45, 7) is 1.77. The summed E-state index contributed by atoms with van der Waals surface area (Å²) in [7, 11) is 0. The highest BCUT2D eigenvalue weighted by Gasteiger charge is 2.32. The number of non-ortho nitro benzene ring substituents is 1. The van der Waals surface area contributed by atoms with Crippen LogP contribution < -0.4 is 11.1 Å². The van der Waals surface area contributed by atoms with Crippen molar-refractivity contribution in [2.24, 2.45) is 5.73 Å². The monoisotopic (exact) mass is 477 g/mol. The van der Waals surface area contributed by atoms with Gasteiger partial charge in [-0.15, -0.1) is 0 Å². The van der Waals surface area contributed by atoms with Crippen LogP contribution in [0.4, 0.5) is 5.69 Å². The maximum Gasteiger partial charge on any atom is 0.306 e. The van der Waals surface area contributed by atoms with Gasteiger partial charge in [-0.3, -0.25) is 24.5 Å². The molecule has 0 aliphatic heterocycles. The van der Waals surface area contributed by atoms with Gasteiger partial charge in [0.25, 0.3) is 11.6 Å². The van der Waals surface area contributed by atoms with Crippen molar-refractivity contribution in [2.75, 3.05) is 6.61 Å². The molecule has 10 heteroatoms. The molecule has 0 aliphatic carbocycles. The van der Waals surface area contributed by atoms with Gasteiger partial charge < -0.3 is 15.8 Å². The minimum atomic E-state index is -1.25. The lowest BCUT2D eigenvalue weighted by Gasteiger charge is -2.25. The number of primary amides is 1. The Hall–Kier alpha value is -3.27. The van der Waals surface area contributed by atoms with E-state index >= 15 is 0 Å². The molecule has 0 saturated carbocycles. The van der Waals surface area contributed by atoms with E-state index < -0.39 is 34.7 Å². The van der Waals surface area contributed by atoms with E-state index in [1.165, 1.54) is 24.3 Å². The van der Waals surface area contributed by atoms with Crippen LogP contribution in [-0.4, -0.2) is 35.4 Å². The molecule has 0 spiro atoms. The van der Waals surface area contributed by atoms with Gasteiger partial charge >= 0.3 is 5.97 Å². The average Bonchev–Trinajstić information content (AvgIpc) is 2.70. The quantitative estimate of drug-likeness (QED) is 0.323. The van der Waals surface area contributed by atoms with Crippen LogP contribution in [0, 0.1) is 10.1 Å². The molecule has 3 N–H and O–H groups in total. The second-order valence-corrected chi connectivity index (χ2v) is 7.24. The van der Waals surface area contributed by atoms with Gasteiger partial charge in [0.2, 0.25) is 5.91 Å². The molecule has 9 nitrogen and oxygen atoms in total. The summed E-state index contributed by atoms with van der Waals surface area (Å²) in [5.74, 6) is -2.89. The first-order valence-electron chi connectivity index (χ1n) is 8.98. The standard InChI is InChI=1S/C20H20BrN3O6/c1-2-30-17(25)11-16(12-6-8-15(9-7-12)24(28)29)18(19(22)26)23-20(27)13-4-3-5-14(21)10-13/h3-10,16,18H,2,11H2,1H3,(H2,22,26)(H,23,27)/t16-,18+/m0/s1. The van der Waals surface area contributed by atoms with Gasteiger partial charge in [0.1, 0.15) is 6.04 Å². The maximum absolute atomic E-state index is 12.7. The number of nitro groups is 1. The van der Waals surface area contributed by atoms with Crippen LogP contribution in [0.25, 0.3) is 0 Å². The molecule has 158 valence electrons. The molecular formula is C20H20BrN3O6. The number of esters is 1. The fourth-order valence-electron chi connectivity index (χ4n) is 2.90.